The molecule has 0 aliphatic rings. The Labute approximate surface area is 122 Å². The van der Waals surface area contributed by atoms with Crippen LogP contribution in [0.15, 0.2) is 18.2 Å². The zero-order valence-corrected chi connectivity index (χ0v) is 12.4. The van der Waals surface area contributed by atoms with Crippen LogP contribution in [0.2, 0.25) is 0 Å². The lowest BCUT2D eigenvalue weighted by molar-refractivity contribution is 0.102. The van der Waals surface area contributed by atoms with E-state index >= 15 is 0 Å². The SMILES string of the molecule is COc1cc(OC)cc(C(=O)Nc2c(N)c(C)nn2C)c1. The summed E-state index contributed by atoms with van der Waals surface area (Å²) in [4.78, 5) is 12.3. The molecule has 2 rings (SSSR count). The highest BCUT2D eigenvalue weighted by Crippen LogP contribution is 2.25. The lowest BCUT2D eigenvalue weighted by atomic mass is 10.2. The monoisotopic (exact) mass is 290 g/mol. The fraction of sp³-hybridized carbons (Fsp3) is 0.286. The number of nitrogens with two attached hydrogens (primary N) is 1. The zero-order chi connectivity index (χ0) is 15.6. The number of methoxy groups -OCH3 is 2. The van der Waals surface area contributed by atoms with Crippen molar-refractivity contribution < 1.29 is 14.3 Å². The first-order chi connectivity index (χ1) is 9.96. The number of benzene rings is 1. The third-order valence-corrected chi connectivity index (χ3v) is 3.11. The molecule has 1 amide bonds. The molecule has 0 atom stereocenters. The van der Waals surface area contributed by atoms with E-state index in [0.717, 1.165) is 0 Å². The van der Waals surface area contributed by atoms with Crippen LogP contribution < -0.4 is 20.5 Å². The summed E-state index contributed by atoms with van der Waals surface area (Å²) >= 11 is 0. The van der Waals surface area contributed by atoms with Crippen LogP contribution in [0, 0.1) is 6.92 Å². The van der Waals surface area contributed by atoms with Gasteiger partial charge in [0.2, 0.25) is 0 Å². The molecule has 0 fully saturated rings. The topological polar surface area (TPSA) is 91.4 Å². The largest absolute Gasteiger partial charge is 0.497 e. The van der Waals surface area contributed by atoms with Crippen LogP contribution in [0.1, 0.15) is 16.1 Å². The normalized spacial score (nSPS) is 10.3. The molecule has 0 saturated carbocycles. The third-order valence-electron chi connectivity index (χ3n) is 3.11. The number of aryl methyl sites for hydroxylation is 2. The van der Waals surface area contributed by atoms with E-state index < -0.39 is 0 Å². The standard InChI is InChI=1S/C14H18N4O3/c1-8-12(15)13(18(2)17-8)16-14(19)9-5-10(20-3)7-11(6-9)21-4/h5-7H,15H2,1-4H3,(H,16,19). The summed E-state index contributed by atoms with van der Waals surface area (Å²) in [6, 6.07) is 4.94. The van der Waals surface area contributed by atoms with Crippen LogP contribution in [-0.2, 0) is 7.05 Å². The average Bonchev–Trinajstić information content (AvgIpc) is 2.72. The molecule has 0 radical (unpaired) electrons. The Bertz CT molecular complexity index is 657. The Kier molecular flexibility index (Phi) is 4.02. The minimum Gasteiger partial charge on any atom is -0.497 e. The summed E-state index contributed by atoms with van der Waals surface area (Å²) in [6.45, 7) is 1.78. The fourth-order valence-electron chi connectivity index (χ4n) is 1.94. The van der Waals surface area contributed by atoms with Crippen molar-refractivity contribution in [1.82, 2.24) is 9.78 Å². The lowest BCUT2D eigenvalue weighted by Crippen LogP contribution is -2.15. The highest BCUT2D eigenvalue weighted by atomic mass is 16.5. The van der Waals surface area contributed by atoms with Crippen molar-refractivity contribution in [3.63, 3.8) is 0 Å². The molecule has 0 aliphatic heterocycles. The van der Waals surface area contributed by atoms with E-state index in [1.165, 1.54) is 18.9 Å². The Morgan fingerprint density at radius 3 is 2.24 bits per heavy atom. The molecule has 2 aromatic rings. The number of rotatable bonds is 4. The van der Waals surface area contributed by atoms with Crippen LogP contribution in [0.25, 0.3) is 0 Å². The number of hydrogen-bond acceptors (Lipinski definition) is 5. The maximum absolute atomic E-state index is 12.3. The van der Waals surface area contributed by atoms with Gasteiger partial charge in [-0.15, -0.1) is 0 Å². The van der Waals surface area contributed by atoms with Crippen molar-refractivity contribution in [1.29, 1.82) is 0 Å². The maximum atomic E-state index is 12.3. The second-order valence-electron chi connectivity index (χ2n) is 4.53. The van der Waals surface area contributed by atoms with Crippen LogP contribution in [0.4, 0.5) is 11.5 Å². The van der Waals surface area contributed by atoms with Gasteiger partial charge >= 0.3 is 0 Å². The first-order valence-electron chi connectivity index (χ1n) is 6.29. The number of amides is 1. The highest BCUT2D eigenvalue weighted by Gasteiger charge is 2.15. The van der Waals surface area contributed by atoms with Gasteiger partial charge in [-0.25, -0.2) is 0 Å². The molecule has 0 saturated heterocycles. The summed E-state index contributed by atoms with van der Waals surface area (Å²) < 4.78 is 11.8. The van der Waals surface area contributed by atoms with Gasteiger partial charge in [-0.2, -0.15) is 5.10 Å². The van der Waals surface area contributed by atoms with Gasteiger partial charge in [0.15, 0.2) is 5.82 Å². The number of hydrogen-bond donors (Lipinski definition) is 2. The third kappa shape index (κ3) is 2.91. The van der Waals surface area contributed by atoms with E-state index in [0.29, 0.717) is 34.3 Å². The second-order valence-corrected chi connectivity index (χ2v) is 4.53. The lowest BCUT2D eigenvalue weighted by Gasteiger charge is -2.10. The van der Waals surface area contributed by atoms with E-state index in [4.69, 9.17) is 15.2 Å². The smallest absolute Gasteiger partial charge is 0.257 e. The number of nitrogens with one attached hydrogen (secondary N) is 1. The van der Waals surface area contributed by atoms with E-state index in [9.17, 15) is 4.79 Å². The molecule has 21 heavy (non-hydrogen) atoms. The molecule has 112 valence electrons. The van der Waals surface area contributed by atoms with E-state index in [1.807, 2.05) is 0 Å². The van der Waals surface area contributed by atoms with Gasteiger partial charge in [-0.05, 0) is 19.1 Å². The summed E-state index contributed by atoms with van der Waals surface area (Å²) in [5, 5.41) is 6.90. The molecule has 1 aromatic carbocycles. The molecule has 0 aliphatic carbocycles. The van der Waals surface area contributed by atoms with Gasteiger partial charge in [0.1, 0.15) is 11.5 Å². The van der Waals surface area contributed by atoms with Gasteiger partial charge < -0.3 is 20.5 Å². The Morgan fingerprint density at radius 2 is 1.81 bits per heavy atom. The van der Waals surface area contributed by atoms with Crippen molar-refractivity contribution in [2.24, 2.45) is 7.05 Å². The molecule has 7 heteroatoms. The zero-order valence-electron chi connectivity index (χ0n) is 12.4. The first kappa shape index (κ1) is 14.7. The molecule has 0 unspecified atom stereocenters. The molecule has 1 heterocycles. The van der Waals surface area contributed by atoms with E-state index in [1.54, 1.807) is 32.2 Å². The number of nitrogen functional groups attached to an aromatic ring is 1. The minimum atomic E-state index is -0.318. The minimum absolute atomic E-state index is 0.318. The molecule has 1 aromatic heterocycles. The van der Waals surface area contributed by atoms with E-state index in [2.05, 4.69) is 10.4 Å². The first-order valence-corrected chi connectivity index (χ1v) is 6.29. The predicted molar refractivity (Wildman–Crippen MR) is 79.9 cm³/mol. The van der Waals surface area contributed by atoms with Crippen LogP contribution in [-0.4, -0.2) is 29.9 Å². The second kappa shape index (κ2) is 5.74. The average molecular weight is 290 g/mol. The van der Waals surface area contributed by atoms with Crippen molar-refractivity contribution in [3.8, 4) is 11.5 Å². The molecular formula is C14H18N4O3. The number of anilines is 2. The Morgan fingerprint density at radius 1 is 1.24 bits per heavy atom. The van der Waals surface area contributed by atoms with Crippen molar-refractivity contribution in [2.75, 3.05) is 25.3 Å². The van der Waals surface area contributed by atoms with Gasteiger partial charge in [0, 0.05) is 18.7 Å². The summed E-state index contributed by atoms with van der Waals surface area (Å²) in [7, 11) is 4.77. The summed E-state index contributed by atoms with van der Waals surface area (Å²) in [5.74, 6) is 1.21. The summed E-state index contributed by atoms with van der Waals surface area (Å²) in [6.07, 6.45) is 0. The quantitative estimate of drug-likeness (QED) is 0.892. The molecule has 7 nitrogen and oxygen atoms in total. The Balaban J connectivity index is 2.32. The van der Waals surface area contributed by atoms with Crippen molar-refractivity contribution in [2.45, 2.75) is 6.92 Å². The predicted octanol–water partition coefficient (Wildman–Crippen LogP) is 1.58. The Hall–Kier alpha value is -2.70. The molecular weight excluding hydrogens is 272 g/mol. The van der Waals surface area contributed by atoms with Crippen LogP contribution in [0.3, 0.4) is 0 Å². The van der Waals surface area contributed by atoms with Crippen molar-refractivity contribution in [3.05, 3.63) is 29.5 Å². The fourth-order valence-corrected chi connectivity index (χ4v) is 1.94. The van der Waals surface area contributed by atoms with E-state index in [-0.39, 0.29) is 5.91 Å². The number of carbonyl (C=O) groups excluding carboxylic acids is 1. The van der Waals surface area contributed by atoms with Gasteiger partial charge in [0.25, 0.3) is 5.91 Å². The maximum Gasteiger partial charge on any atom is 0.257 e. The molecule has 3 N–H and O–H groups in total. The van der Waals surface area contributed by atoms with Gasteiger partial charge in [-0.1, -0.05) is 0 Å². The van der Waals surface area contributed by atoms with Gasteiger partial charge in [-0.3, -0.25) is 9.48 Å². The number of ether oxygens (including phenoxy) is 2. The number of carbonyl (C=O) groups is 1. The van der Waals surface area contributed by atoms with Crippen LogP contribution >= 0.6 is 0 Å². The van der Waals surface area contributed by atoms with Gasteiger partial charge in [0.05, 0.1) is 25.6 Å². The summed E-state index contributed by atoms with van der Waals surface area (Å²) in [5.41, 5.74) is 7.41. The highest BCUT2D eigenvalue weighted by molar-refractivity contribution is 6.05. The molecule has 0 bridgehead atoms. The van der Waals surface area contributed by atoms with Crippen LogP contribution in [0.5, 0.6) is 11.5 Å². The number of aromatic nitrogens is 2. The number of nitrogens with zero attached hydrogens (tertiary/aromatic N) is 2. The molecule has 0 spiro atoms. The van der Waals surface area contributed by atoms with Crippen molar-refractivity contribution >= 4 is 17.4 Å².